The summed E-state index contributed by atoms with van der Waals surface area (Å²) in [5.41, 5.74) is 3.92. The number of aromatic nitrogens is 3. The summed E-state index contributed by atoms with van der Waals surface area (Å²) in [5, 5.41) is 2.31. The lowest BCUT2D eigenvalue weighted by Gasteiger charge is -2.22. The van der Waals surface area contributed by atoms with Crippen molar-refractivity contribution < 1.29 is 9.53 Å². The molecule has 1 aliphatic carbocycles. The molecule has 0 saturated heterocycles. The first kappa shape index (κ1) is 24.3. The van der Waals surface area contributed by atoms with Crippen LogP contribution in [0.2, 0.25) is 0 Å². The van der Waals surface area contributed by atoms with Gasteiger partial charge in [-0.2, -0.15) is 0 Å². The highest BCUT2D eigenvalue weighted by atomic mass is 16.5. The van der Waals surface area contributed by atoms with Crippen LogP contribution < -0.4 is 0 Å². The van der Waals surface area contributed by atoms with Crippen LogP contribution in [0.25, 0.3) is 21.9 Å². The first-order chi connectivity index (χ1) is 17.6. The van der Waals surface area contributed by atoms with Gasteiger partial charge >= 0.3 is 0 Å². The second-order valence-corrected chi connectivity index (χ2v) is 10.0. The summed E-state index contributed by atoms with van der Waals surface area (Å²) in [5.74, 6) is 0.735. The van der Waals surface area contributed by atoms with Crippen molar-refractivity contribution in [3.63, 3.8) is 0 Å². The average Bonchev–Trinajstić information content (AvgIpc) is 3.54. The molecular weight excluding hydrogens is 448 g/mol. The van der Waals surface area contributed by atoms with Gasteiger partial charge in [0, 0.05) is 51.4 Å². The minimum Gasteiger partial charge on any atom is -0.383 e. The Morgan fingerprint density at radius 1 is 1.06 bits per heavy atom. The van der Waals surface area contributed by atoms with E-state index < -0.39 is 0 Å². The molecule has 0 bridgehead atoms. The highest BCUT2D eigenvalue weighted by Crippen LogP contribution is 2.33. The number of likely N-dealkylation sites (N-methyl/N-ethyl adjacent to an activating group) is 1. The number of hydrogen-bond acceptors (Lipinski definition) is 3. The Morgan fingerprint density at radius 3 is 2.69 bits per heavy atom. The zero-order valence-electron chi connectivity index (χ0n) is 21.4. The zero-order chi connectivity index (χ0) is 24.9. The molecular formula is C30H36N4O2. The zero-order valence-corrected chi connectivity index (χ0v) is 21.4. The Kier molecular flexibility index (Phi) is 7.52. The Bertz CT molecular complexity index is 1310. The van der Waals surface area contributed by atoms with Crippen molar-refractivity contribution in [2.45, 2.75) is 45.2 Å². The standard InChI is InChI=1S/C30H36N4O2/c1-32(15-16-36-2)30(35)29-21-33(19-25-17-31-22-34(25)18-23-9-4-3-5-10-23)20-28(29)27-14-8-12-24-11-6-7-13-26(24)27/h6-8,11-14,17,20-23H,3-5,9-10,15-16,18-19H2,1-2H3. The monoisotopic (exact) mass is 484 g/mol. The van der Waals surface area contributed by atoms with Crippen molar-refractivity contribution in [1.29, 1.82) is 0 Å². The number of benzene rings is 2. The van der Waals surface area contributed by atoms with E-state index in [0.29, 0.717) is 25.3 Å². The van der Waals surface area contributed by atoms with Gasteiger partial charge in [0.15, 0.2) is 0 Å². The van der Waals surface area contributed by atoms with E-state index in [4.69, 9.17) is 4.74 Å². The van der Waals surface area contributed by atoms with Crippen molar-refractivity contribution in [2.24, 2.45) is 5.92 Å². The number of ether oxygens (including phenoxy) is 1. The van der Waals surface area contributed by atoms with Crippen LogP contribution in [0.5, 0.6) is 0 Å². The first-order valence-electron chi connectivity index (χ1n) is 13.1. The number of carbonyl (C=O) groups excluding carboxylic acids is 1. The van der Waals surface area contributed by atoms with Crippen molar-refractivity contribution >= 4 is 16.7 Å². The molecule has 0 spiro atoms. The fourth-order valence-corrected chi connectivity index (χ4v) is 5.46. The SMILES string of the molecule is COCCN(C)C(=O)c1cn(Cc2cncn2CC2CCCCC2)cc1-c1cccc2ccccc12. The number of imidazole rings is 1. The average molecular weight is 485 g/mol. The van der Waals surface area contributed by atoms with Gasteiger partial charge in [-0.3, -0.25) is 4.79 Å². The molecule has 1 aliphatic rings. The van der Waals surface area contributed by atoms with Gasteiger partial charge in [-0.15, -0.1) is 0 Å². The van der Waals surface area contributed by atoms with Crippen LogP contribution in [0, 0.1) is 5.92 Å². The quantitative estimate of drug-likeness (QED) is 0.299. The molecule has 1 fully saturated rings. The molecule has 6 nitrogen and oxygen atoms in total. The molecule has 1 saturated carbocycles. The second-order valence-electron chi connectivity index (χ2n) is 10.0. The molecule has 2 aromatic carbocycles. The van der Waals surface area contributed by atoms with Crippen LogP contribution in [-0.2, 0) is 17.8 Å². The maximum Gasteiger partial charge on any atom is 0.255 e. The van der Waals surface area contributed by atoms with Crippen LogP contribution in [0.3, 0.4) is 0 Å². The molecule has 0 radical (unpaired) electrons. The van der Waals surface area contributed by atoms with Crippen LogP contribution >= 0.6 is 0 Å². The van der Waals surface area contributed by atoms with E-state index >= 15 is 0 Å². The van der Waals surface area contributed by atoms with Gasteiger partial charge in [-0.25, -0.2) is 4.98 Å². The molecule has 1 amide bonds. The number of fused-ring (bicyclic) bond motifs is 1. The van der Waals surface area contributed by atoms with Gasteiger partial charge < -0.3 is 18.8 Å². The third-order valence-electron chi connectivity index (χ3n) is 7.49. The molecule has 0 atom stereocenters. The van der Waals surface area contributed by atoms with Gasteiger partial charge in [0.05, 0.1) is 30.7 Å². The first-order valence-corrected chi connectivity index (χ1v) is 13.1. The maximum absolute atomic E-state index is 13.6. The molecule has 0 aliphatic heterocycles. The van der Waals surface area contributed by atoms with E-state index in [0.717, 1.165) is 29.0 Å². The molecule has 0 unspecified atom stereocenters. The number of hydrogen-bond donors (Lipinski definition) is 0. The normalized spacial score (nSPS) is 14.4. The molecule has 36 heavy (non-hydrogen) atoms. The molecule has 188 valence electrons. The van der Waals surface area contributed by atoms with E-state index in [1.807, 2.05) is 25.8 Å². The Hall–Kier alpha value is -3.38. The summed E-state index contributed by atoms with van der Waals surface area (Å²) < 4.78 is 9.66. The highest BCUT2D eigenvalue weighted by molar-refractivity contribution is 6.05. The second kappa shape index (κ2) is 11.1. The van der Waals surface area contributed by atoms with Crippen LogP contribution in [0.1, 0.15) is 48.2 Å². The van der Waals surface area contributed by atoms with Gasteiger partial charge in [-0.1, -0.05) is 61.7 Å². The summed E-state index contributed by atoms with van der Waals surface area (Å²) in [6, 6.07) is 14.6. The minimum atomic E-state index is 0.00412. The van der Waals surface area contributed by atoms with Gasteiger partial charge in [-0.05, 0) is 35.1 Å². The van der Waals surface area contributed by atoms with E-state index in [9.17, 15) is 4.79 Å². The van der Waals surface area contributed by atoms with Gasteiger partial charge in [0.25, 0.3) is 5.91 Å². The predicted octanol–water partition coefficient (Wildman–Crippen LogP) is 5.85. The molecule has 2 aromatic heterocycles. The number of carbonyl (C=O) groups is 1. The van der Waals surface area contributed by atoms with E-state index in [1.54, 1.807) is 12.0 Å². The largest absolute Gasteiger partial charge is 0.383 e. The molecule has 4 aromatic rings. The van der Waals surface area contributed by atoms with E-state index in [1.165, 1.54) is 43.2 Å². The number of nitrogens with zero attached hydrogens (tertiary/aromatic N) is 4. The lowest BCUT2D eigenvalue weighted by molar-refractivity contribution is 0.0745. The van der Waals surface area contributed by atoms with Crippen molar-refractivity contribution in [3.05, 3.63) is 78.6 Å². The number of rotatable bonds is 9. The Labute approximate surface area is 213 Å². The van der Waals surface area contributed by atoms with Crippen LogP contribution in [-0.4, -0.2) is 52.2 Å². The minimum absolute atomic E-state index is 0.00412. The van der Waals surface area contributed by atoms with Crippen molar-refractivity contribution in [1.82, 2.24) is 19.0 Å². The fourth-order valence-electron chi connectivity index (χ4n) is 5.46. The van der Waals surface area contributed by atoms with Gasteiger partial charge in [0.2, 0.25) is 0 Å². The maximum atomic E-state index is 13.6. The van der Waals surface area contributed by atoms with Crippen LogP contribution in [0.4, 0.5) is 0 Å². The number of methoxy groups -OCH3 is 1. The van der Waals surface area contributed by atoms with Gasteiger partial charge in [0.1, 0.15) is 0 Å². The van der Waals surface area contributed by atoms with E-state index in [2.05, 4.69) is 62.8 Å². The predicted molar refractivity (Wildman–Crippen MR) is 144 cm³/mol. The fraction of sp³-hybridized carbons (Fsp3) is 0.400. The summed E-state index contributed by atoms with van der Waals surface area (Å²) in [7, 11) is 3.50. The summed E-state index contributed by atoms with van der Waals surface area (Å²) in [4.78, 5) is 19.8. The van der Waals surface area contributed by atoms with Crippen LogP contribution in [0.15, 0.2) is 67.4 Å². The van der Waals surface area contributed by atoms with E-state index in [-0.39, 0.29) is 5.91 Å². The summed E-state index contributed by atoms with van der Waals surface area (Å²) in [6.45, 7) is 2.76. The topological polar surface area (TPSA) is 52.3 Å². The molecule has 0 N–H and O–H groups in total. The Balaban J connectivity index is 1.49. The summed E-state index contributed by atoms with van der Waals surface area (Å²) in [6.07, 6.45) is 14.7. The third-order valence-corrected chi connectivity index (χ3v) is 7.49. The smallest absolute Gasteiger partial charge is 0.255 e. The third kappa shape index (κ3) is 5.24. The lowest BCUT2D eigenvalue weighted by Crippen LogP contribution is -2.30. The van der Waals surface area contributed by atoms with Crippen molar-refractivity contribution in [3.8, 4) is 11.1 Å². The Morgan fingerprint density at radius 2 is 1.86 bits per heavy atom. The van der Waals surface area contributed by atoms with Crippen molar-refractivity contribution in [2.75, 3.05) is 27.3 Å². The highest BCUT2D eigenvalue weighted by Gasteiger charge is 2.21. The lowest BCUT2D eigenvalue weighted by atomic mass is 9.89. The summed E-state index contributed by atoms with van der Waals surface area (Å²) >= 11 is 0. The number of amides is 1. The molecule has 2 heterocycles. The molecule has 5 rings (SSSR count). The molecule has 6 heteroatoms.